The van der Waals surface area contributed by atoms with Gasteiger partial charge in [0.2, 0.25) is 0 Å². The summed E-state index contributed by atoms with van der Waals surface area (Å²) in [5.74, 6) is -0.827. The highest BCUT2D eigenvalue weighted by Gasteiger charge is 2.17. The number of rotatable bonds is 6. The summed E-state index contributed by atoms with van der Waals surface area (Å²) in [5, 5.41) is 7.33. The van der Waals surface area contributed by atoms with Crippen molar-refractivity contribution in [2.45, 2.75) is 6.92 Å². The molecule has 0 aliphatic rings. The molecule has 0 fully saturated rings. The van der Waals surface area contributed by atoms with Gasteiger partial charge in [0.25, 0.3) is 5.91 Å². The topological polar surface area (TPSA) is 86.1 Å². The summed E-state index contributed by atoms with van der Waals surface area (Å²) in [6.45, 7) is 2.02. The molecule has 0 saturated heterocycles. The summed E-state index contributed by atoms with van der Waals surface area (Å²) in [6.07, 6.45) is 3.41. The van der Waals surface area contributed by atoms with E-state index in [1.54, 1.807) is 54.3 Å². The summed E-state index contributed by atoms with van der Waals surface area (Å²) < 4.78 is 6.73. The van der Waals surface area contributed by atoms with E-state index in [0.29, 0.717) is 11.3 Å². The fourth-order valence-corrected chi connectivity index (χ4v) is 3.11. The highest BCUT2D eigenvalue weighted by Crippen LogP contribution is 2.24. The normalized spacial score (nSPS) is 10.5. The van der Waals surface area contributed by atoms with E-state index < -0.39 is 5.97 Å². The summed E-state index contributed by atoms with van der Waals surface area (Å²) in [4.78, 5) is 29.1. The van der Waals surface area contributed by atoms with Gasteiger partial charge < -0.3 is 10.1 Å². The molecule has 1 amide bonds. The van der Waals surface area contributed by atoms with Crippen LogP contribution in [-0.2, 0) is 4.74 Å². The molecule has 0 atom stereocenters. The molecule has 0 spiro atoms. The second kappa shape index (κ2) is 9.04. The van der Waals surface area contributed by atoms with E-state index in [1.165, 1.54) is 0 Å². The van der Waals surface area contributed by atoms with Crippen molar-refractivity contribution in [2.24, 2.45) is 0 Å². The highest BCUT2D eigenvalue weighted by atomic mass is 16.5. The summed E-state index contributed by atoms with van der Waals surface area (Å²) in [5.41, 5.74) is 3.49. The molecule has 0 unspecified atom stereocenters. The Bertz CT molecular complexity index is 1150. The Balaban J connectivity index is 1.66. The fourth-order valence-electron chi connectivity index (χ4n) is 3.11. The maximum Gasteiger partial charge on any atom is 0.338 e. The number of hydrogen-bond acceptors (Lipinski definition) is 5. The van der Waals surface area contributed by atoms with Gasteiger partial charge in [-0.2, -0.15) is 5.10 Å². The molecule has 0 saturated carbocycles. The van der Waals surface area contributed by atoms with Gasteiger partial charge in [0.15, 0.2) is 5.69 Å². The molecule has 2 aromatic heterocycles. The largest absolute Gasteiger partial charge is 0.462 e. The van der Waals surface area contributed by atoms with Gasteiger partial charge >= 0.3 is 5.97 Å². The number of amides is 1. The summed E-state index contributed by atoms with van der Waals surface area (Å²) >= 11 is 0. The lowest BCUT2D eigenvalue weighted by molar-refractivity contribution is 0.0526. The average molecular weight is 412 g/mol. The zero-order valence-electron chi connectivity index (χ0n) is 16.9. The minimum absolute atomic E-state index is 0.240. The number of hydrogen-bond donors (Lipinski definition) is 1. The van der Waals surface area contributed by atoms with Crippen LogP contribution in [-0.4, -0.2) is 33.2 Å². The van der Waals surface area contributed by atoms with E-state index in [2.05, 4.69) is 15.4 Å². The molecule has 7 nitrogen and oxygen atoms in total. The minimum Gasteiger partial charge on any atom is -0.462 e. The first kappa shape index (κ1) is 20.0. The van der Waals surface area contributed by atoms with Crippen molar-refractivity contribution in [1.82, 2.24) is 14.8 Å². The highest BCUT2D eigenvalue weighted by molar-refractivity contribution is 6.04. The lowest BCUT2D eigenvalue weighted by Gasteiger charge is -2.07. The maximum atomic E-state index is 12.9. The number of esters is 1. The van der Waals surface area contributed by atoms with Crippen LogP contribution in [0.2, 0.25) is 0 Å². The van der Waals surface area contributed by atoms with Crippen LogP contribution in [0.5, 0.6) is 0 Å². The van der Waals surface area contributed by atoms with Crippen molar-refractivity contribution < 1.29 is 14.3 Å². The van der Waals surface area contributed by atoms with E-state index >= 15 is 0 Å². The van der Waals surface area contributed by atoms with Crippen molar-refractivity contribution in [2.75, 3.05) is 11.9 Å². The number of carbonyl (C=O) groups excluding carboxylic acids is 2. The van der Waals surface area contributed by atoms with E-state index in [0.717, 1.165) is 16.9 Å². The smallest absolute Gasteiger partial charge is 0.338 e. The Morgan fingerprint density at radius 1 is 1.00 bits per heavy atom. The Morgan fingerprint density at radius 2 is 1.84 bits per heavy atom. The van der Waals surface area contributed by atoms with Crippen LogP contribution in [0.4, 0.5) is 5.69 Å². The molecule has 4 rings (SSSR count). The van der Waals surface area contributed by atoms with Crippen LogP contribution in [0.15, 0.2) is 85.2 Å². The molecule has 2 heterocycles. The number of anilines is 1. The van der Waals surface area contributed by atoms with Gasteiger partial charge in [-0.15, -0.1) is 0 Å². The minimum atomic E-state index is -0.439. The van der Waals surface area contributed by atoms with Gasteiger partial charge in [0.05, 0.1) is 23.6 Å². The van der Waals surface area contributed by atoms with Crippen LogP contribution in [0.3, 0.4) is 0 Å². The van der Waals surface area contributed by atoms with Crippen LogP contribution >= 0.6 is 0 Å². The van der Waals surface area contributed by atoms with Crippen molar-refractivity contribution in [3.63, 3.8) is 0 Å². The molecule has 7 heteroatoms. The molecule has 0 aliphatic heterocycles. The number of ether oxygens (including phenoxy) is 1. The lowest BCUT2D eigenvalue weighted by atomic mass is 10.2. The Morgan fingerprint density at radius 3 is 2.58 bits per heavy atom. The summed E-state index contributed by atoms with van der Waals surface area (Å²) in [7, 11) is 0. The molecular weight excluding hydrogens is 392 g/mol. The number of carbonyl (C=O) groups is 2. The van der Waals surface area contributed by atoms with E-state index in [9.17, 15) is 9.59 Å². The van der Waals surface area contributed by atoms with Gasteiger partial charge in [0, 0.05) is 23.6 Å². The first-order chi connectivity index (χ1) is 15.2. The second-order valence-electron chi connectivity index (χ2n) is 6.66. The number of para-hydroxylation sites is 1. The van der Waals surface area contributed by atoms with E-state index in [1.807, 2.05) is 42.5 Å². The molecule has 4 aromatic rings. The molecule has 2 aromatic carbocycles. The lowest BCUT2D eigenvalue weighted by Crippen LogP contribution is -2.14. The average Bonchev–Trinajstić information content (AvgIpc) is 3.26. The zero-order chi connectivity index (χ0) is 21.6. The second-order valence-corrected chi connectivity index (χ2v) is 6.66. The van der Waals surface area contributed by atoms with E-state index in [4.69, 9.17) is 4.74 Å². The monoisotopic (exact) mass is 412 g/mol. The standard InChI is InChI=1S/C24H20N4O3/c1-2-31-24(30)17-8-6-10-19(14-17)26-23(29)21-15-22(18-9-7-13-25-16-18)28(27-21)20-11-4-3-5-12-20/h3-16H,2H2,1H3,(H,26,29). The first-order valence-corrected chi connectivity index (χ1v) is 9.80. The molecule has 0 bridgehead atoms. The van der Waals surface area contributed by atoms with Gasteiger partial charge in [-0.1, -0.05) is 24.3 Å². The van der Waals surface area contributed by atoms with Crippen LogP contribution < -0.4 is 5.32 Å². The molecular formula is C24H20N4O3. The van der Waals surface area contributed by atoms with Crippen LogP contribution in [0.25, 0.3) is 16.9 Å². The molecule has 1 N–H and O–H groups in total. The van der Waals surface area contributed by atoms with Crippen LogP contribution in [0, 0.1) is 0 Å². The third-order valence-electron chi connectivity index (χ3n) is 4.53. The number of pyridine rings is 1. The first-order valence-electron chi connectivity index (χ1n) is 9.80. The van der Waals surface area contributed by atoms with Crippen LogP contribution in [0.1, 0.15) is 27.8 Å². The number of aromatic nitrogens is 3. The fraction of sp³-hybridized carbons (Fsp3) is 0.0833. The van der Waals surface area contributed by atoms with Crippen molar-refractivity contribution in [3.8, 4) is 16.9 Å². The van der Waals surface area contributed by atoms with Gasteiger partial charge in [-0.25, -0.2) is 9.48 Å². The van der Waals surface area contributed by atoms with Crippen molar-refractivity contribution >= 4 is 17.6 Å². The van der Waals surface area contributed by atoms with Crippen molar-refractivity contribution in [3.05, 3.63) is 96.4 Å². The predicted octanol–water partition coefficient (Wildman–Crippen LogP) is 4.36. The SMILES string of the molecule is CCOC(=O)c1cccc(NC(=O)c2cc(-c3cccnc3)n(-c3ccccc3)n2)c1. The predicted molar refractivity (Wildman–Crippen MR) is 117 cm³/mol. The third-order valence-corrected chi connectivity index (χ3v) is 4.53. The van der Waals surface area contributed by atoms with Gasteiger partial charge in [0.1, 0.15) is 0 Å². The Hall–Kier alpha value is -4.26. The van der Waals surface area contributed by atoms with Crippen molar-refractivity contribution in [1.29, 1.82) is 0 Å². The van der Waals surface area contributed by atoms with E-state index in [-0.39, 0.29) is 18.2 Å². The summed E-state index contributed by atoms with van der Waals surface area (Å²) in [6, 6.07) is 21.6. The van der Waals surface area contributed by atoms with Gasteiger partial charge in [-0.3, -0.25) is 9.78 Å². The third kappa shape index (κ3) is 4.51. The Labute approximate surface area is 179 Å². The molecule has 0 radical (unpaired) electrons. The maximum absolute atomic E-state index is 12.9. The van der Waals surface area contributed by atoms with Gasteiger partial charge in [-0.05, 0) is 55.5 Å². The zero-order valence-corrected chi connectivity index (χ0v) is 16.9. The Kier molecular flexibility index (Phi) is 5.84. The number of nitrogens with one attached hydrogen (secondary N) is 1. The molecule has 0 aliphatic carbocycles. The molecule has 31 heavy (non-hydrogen) atoms. The number of nitrogens with zero attached hydrogens (tertiary/aromatic N) is 3. The quantitative estimate of drug-likeness (QED) is 0.476. The number of benzene rings is 2. The molecule has 154 valence electrons.